The fourth-order valence-electron chi connectivity index (χ4n) is 8.00. The van der Waals surface area contributed by atoms with E-state index in [0.717, 1.165) is 128 Å². The van der Waals surface area contributed by atoms with E-state index in [1.807, 2.05) is 0 Å². The molecule has 1 unspecified atom stereocenters. The zero-order valence-corrected chi connectivity index (χ0v) is 45.3. The Kier molecular flexibility index (Phi) is 54.3. The Labute approximate surface area is 426 Å². The molecule has 6 heteroatoms. The van der Waals surface area contributed by atoms with Gasteiger partial charge in [0.05, 0.1) is 0 Å². The first-order valence-corrected chi connectivity index (χ1v) is 29.1. The number of esters is 3. The average Bonchev–Trinajstić information content (AvgIpc) is 3.35. The Hall–Kier alpha value is -3.41. The van der Waals surface area contributed by atoms with E-state index in [4.69, 9.17) is 14.2 Å². The van der Waals surface area contributed by atoms with Crippen molar-refractivity contribution in [1.29, 1.82) is 0 Å². The summed E-state index contributed by atoms with van der Waals surface area (Å²) in [5.41, 5.74) is 0. The van der Waals surface area contributed by atoms with Crippen molar-refractivity contribution < 1.29 is 28.6 Å². The fourth-order valence-corrected chi connectivity index (χ4v) is 8.00. The smallest absolute Gasteiger partial charge is 0.306 e. The van der Waals surface area contributed by atoms with Crippen molar-refractivity contribution >= 4 is 17.9 Å². The maximum atomic E-state index is 12.8. The highest BCUT2D eigenvalue weighted by molar-refractivity contribution is 5.71. The van der Waals surface area contributed by atoms with Gasteiger partial charge in [-0.1, -0.05) is 234 Å². The number of carbonyl (C=O) groups excluding carboxylic acids is 3. The average molecular weight is 962 g/mol. The van der Waals surface area contributed by atoms with E-state index in [2.05, 4.69) is 106 Å². The van der Waals surface area contributed by atoms with E-state index in [1.165, 1.54) is 109 Å². The van der Waals surface area contributed by atoms with Gasteiger partial charge in [-0.3, -0.25) is 14.4 Å². The first-order valence-electron chi connectivity index (χ1n) is 29.1. The van der Waals surface area contributed by atoms with Crippen LogP contribution in [0.4, 0.5) is 0 Å². The third kappa shape index (κ3) is 55.4. The first-order chi connectivity index (χ1) is 34.0. The van der Waals surface area contributed by atoms with Gasteiger partial charge in [0.15, 0.2) is 6.10 Å². The van der Waals surface area contributed by atoms with Crippen molar-refractivity contribution in [3.63, 3.8) is 0 Å². The number of rotatable bonds is 52. The van der Waals surface area contributed by atoms with Gasteiger partial charge in [-0.15, -0.1) is 0 Å². The van der Waals surface area contributed by atoms with E-state index < -0.39 is 6.10 Å². The number of allylic oxidation sites excluding steroid dienone is 14. The van der Waals surface area contributed by atoms with E-state index in [9.17, 15) is 14.4 Å². The Balaban J connectivity index is 4.39. The molecule has 0 saturated carbocycles. The van der Waals surface area contributed by atoms with E-state index in [0.29, 0.717) is 19.3 Å². The quantitative estimate of drug-likeness (QED) is 0.0262. The summed E-state index contributed by atoms with van der Waals surface area (Å²) in [4.78, 5) is 38.1. The molecule has 0 fully saturated rings. The Morgan fingerprint density at radius 3 is 0.957 bits per heavy atom. The van der Waals surface area contributed by atoms with Gasteiger partial charge in [-0.25, -0.2) is 0 Å². The summed E-state index contributed by atoms with van der Waals surface area (Å²) in [6.45, 7) is 6.44. The minimum absolute atomic E-state index is 0.0920. The van der Waals surface area contributed by atoms with Gasteiger partial charge in [0.1, 0.15) is 13.2 Å². The molecule has 0 aliphatic rings. The molecule has 0 aromatic carbocycles. The number of hydrogen-bond donors (Lipinski definition) is 0. The molecule has 6 nitrogen and oxygen atoms in total. The molecule has 0 spiro atoms. The van der Waals surface area contributed by atoms with Crippen LogP contribution in [0.15, 0.2) is 85.1 Å². The number of unbranched alkanes of at least 4 members (excludes halogenated alkanes) is 27. The summed E-state index contributed by atoms with van der Waals surface area (Å²) in [5, 5.41) is 0. The molecule has 0 heterocycles. The van der Waals surface area contributed by atoms with Gasteiger partial charge in [-0.2, -0.15) is 0 Å². The van der Waals surface area contributed by atoms with Crippen molar-refractivity contribution in [2.45, 2.75) is 284 Å². The molecule has 0 aliphatic heterocycles. The molecule has 0 amide bonds. The standard InChI is InChI=1S/C63H108O6/c1-4-7-10-13-16-19-22-25-27-29-30-31-32-34-35-38-41-44-47-50-53-56-62(65)68-59-60(58-67-61(64)55-52-49-46-43-40-37-24-21-18-15-12-9-6-3)69-63(66)57-54-51-48-45-42-39-36-33-28-26-23-20-17-14-11-8-5-2/h8,11-12,15,17,20-21,24,26,28-30,36,39,60H,4-7,9-10,13-14,16,18-19,22-23,25,27,31-35,37-38,40-59H2,1-3H3/b11-8-,15-12-,20-17-,24-21-,28-26-,30-29-,39-36-. The zero-order chi connectivity index (χ0) is 50.0. The van der Waals surface area contributed by atoms with Gasteiger partial charge in [0, 0.05) is 19.3 Å². The van der Waals surface area contributed by atoms with Crippen LogP contribution in [0.1, 0.15) is 278 Å². The lowest BCUT2D eigenvalue weighted by atomic mass is 10.1. The van der Waals surface area contributed by atoms with Crippen LogP contribution in [0.3, 0.4) is 0 Å². The van der Waals surface area contributed by atoms with Crippen LogP contribution >= 0.6 is 0 Å². The predicted octanol–water partition coefficient (Wildman–Crippen LogP) is 19.5. The molecule has 0 aromatic rings. The van der Waals surface area contributed by atoms with Crippen LogP contribution in [-0.4, -0.2) is 37.2 Å². The molecule has 0 aliphatic carbocycles. The van der Waals surface area contributed by atoms with E-state index >= 15 is 0 Å². The van der Waals surface area contributed by atoms with Crippen LogP contribution < -0.4 is 0 Å². The number of hydrogen-bond acceptors (Lipinski definition) is 6. The van der Waals surface area contributed by atoms with Crippen LogP contribution in [0.5, 0.6) is 0 Å². The minimum Gasteiger partial charge on any atom is -0.462 e. The SMILES string of the molecule is CC/C=C\C/C=C\C/C=C\C/C=C\CCCCCCC(=O)OC(COC(=O)CCCCCCC/C=C\C/C=C\CCC)COC(=O)CCCCCCCCCCC/C=C\CCCCCCCCCC. The molecule has 0 saturated heterocycles. The highest BCUT2D eigenvalue weighted by Crippen LogP contribution is 2.15. The van der Waals surface area contributed by atoms with Gasteiger partial charge in [-0.05, 0) is 109 Å². The lowest BCUT2D eigenvalue weighted by molar-refractivity contribution is -0.167. The maximum absolute atomic E-state index is 12.8. The lowest BCUT2D eigenvalue weighted by Crippen LogP contribution is -2.30. The number of ether oxygens (including phenoxy) is 3. The second-order valence-electron chi connectivity index (χ2n) is 19.2. The van der Waals surface area contributed by atoms with Crippen molar-refractivity contribution in [2.24, 2.45) is 0 Å². The summed E-state index contributed by atoms with van der Waals surface area (Å²) >= 11 is 0. The Morgan fingerprint density at radius 1 is 0.304 bits per heavy atom. The first kappa shape index (κ1) is 65.6. The Bertz CT molecular complexity index is 1330. The molecular weight excluding hydrogens is 853 g/mol. The third-order valence-corrected chi connectivity index (χ3v) is 12.3. The number of carbonyl (C=O) groups is 3. The molecule has 0 aromatic heterocycles. The summed E-state index contributed by atoms with van der Waals surface area (Å²) in [5.74, 6) is -0.928. The fraction of sp³-hybridized carbons (Fsp3) is 0.730. The second kappa shape index (κ2) is 57.2. The molecule has 396 valence electrons. The predicted molar refractivity (Wildman–Crippen MR) is 297 cm³/mol. The van der Waals surface area contributed by atoms with Crippen LogP contribution in [0.2, 0.25) is 0 Å². The maximum Gasteiger partial charge on any atom is 0.306 e. The van der Waals surface area contributed by atoms with Crippen LogP contribution in [-0.2, 0) is 28.6 Å². The molecule has 0 radical (unpaired) electrons. The topological polar surface area (TPSA) is 78.9 Å². The summed E-state index contributed by atoms with van der Waals surface area (Å²) < 4.78 is 16.8. The third-order valence-electron chi connectivity index (χ3n) is 12.3. The van der Waals surface area contributed by atoms with Gasteiger partial charge in [0.2, 0.25) is 0 Å². The van der Waals surface area contributed by atoms with Crippen LogP contribution in [0.25, 0.3) is 0 Å². The van der Waals surface area contributed by atoms with Gasteiger partial charge >= 0.3 is 17.9 Å². The summed E-state index contributed by atoms with van der Waals surface area (Å²) in [7, 11) is 0. The monoisotopic (exact) mass is 961 g/mol. The molecule has 0 N–H and O–H groups in total. The molecular formula is C63H108O6. The molecule has 0 bridgehead atoms. The van der Waals surface area contributed by atoms with Crippen molar-refractivity contribution in [3.05, 3.63) is 85.1 Å². The Morgan fingerprint density at radius 2 is 0.594 bits per heavy atom. The van der Waals surface area contributed by atoms with E-state index in [-0.39, 0.29) is 31.1 Å². The molecule has 1 atom stereocenters. The zero-order valence-electron chi connectivity index (χ0n) is 45.3. The second-order valence-corrected chi connectivity index (χ2v) is 19.2. The molecule has 69 heavy (non-hydrogen) atoms. The van der Waals surface area contributed by atoms with Crippen molar-refractivity contribution in [1.82, 2.24) is 0 Å². The highest BCUT2D eigenvalue weighted by atomic mass is 16.6. The summed E-state index contributed by atoms with van der Waals surface area (Å²) in [6, 6.07) is 0. The van der Waals surface area contributed by atoms with E-state index in [1.54, 1.807) is 0 Å². The molecule has 0 rings (SSSR count). The van der Waals surface area contributed by atoms with Crippen molar-refractivity contribution in [2.75, 3.05) is 13.2 Å². The highest BCUT2D eigenvalue weighted by Gasteiger charge is 2.19. The van der Waals surface area contributed by atoms with Gasteiger partial charge in [0.25, 0.3) is 0 Å². The lowest BCUT2D eigenvalue weighted by Gasteiger charge is -2.18. The van der Waals surface area contributed by atoms with Crippen LogP contribution in [0, 0.1) is 0 Å². The van der Waals surface area contributed by atoms with Crippen molar-refractivity contribution in [3.8, 4) is 0 Å². The van der Waals surface area contributed by atoms with Gasteiger partial charge < -0.3 is 14.2 Å². The largest absolute Gasteiger partial charge is 0.462 e. The minimum atomic E-state index is -0.797. The normalized spacial score (nSPS) is 12.7. The summed E-state index contributed by atoms with van der Waals surface area (Å²) in [6.07, 6.45) is 74.3.